The van der Waals surface area contributed by atoms with E-state index in [0.29, 0.717) is 0 Å². The maximum atomic E-state index is 2.78. The van der Waals surface area contributed by atoms with Gasteiger partial charge in [-0.3, -0.25) is 0 Å². The van der Waals surface area contributed by atoms with Crippen molar-refractivity contribution in [3.63, 3.8) is 0 Å². The van der Waals surface area contributed by atoms with E-state index in [4.69, 9.17) is 0 Å². The van der Waals surface area contributed by atoms with Crippen molar-refractivity contribution in [1.82, 2.24) is 4.90 Å². The first-order chi connectivity index (χ1) is 9.40. The predicted molar refractivity (Wildman–Crippen MR) is 84.5 cm³/mol. The molecule has 0 N–H and O–H groups in total. The third-order valence-corrected chi connectivity index (χ3v) is 5.38. The second kappa shape index (κ2) is 9.00. The summed E-state index contributed by atoms with van der Waals surface area (Å²) in [7, 11) is 0. The molecule has 1 aliphatic carbocycles. The molecule has 1 saturated carbocycles. The van der Waals surface area contributed by atoms with E-state index in [-0.39, 0.29) is 0 Å². The van der Waals surface area contributed by atoms with Crippen molar-refractivity contribution in [1.29, 1.82) is 0 Å². The van der Waals surface area contributed by atoms with Gasteiger partial charge in [0, 0.05) is 13.1 Å². The molecule has 0 unspecified atom stereocenters. The van der Waals surface area contributed by atoms with Gasteiger partial charge in [-0.15, -0.1) is 0 Å². The highest BCUT2D eigenvalue weighted by Gasteiger charge is 2.33. The molecule has 0 spiro atoms. The first kappa shape index (κ1) is 15.4. The molecule has 19 heavy (non-hydrogen) atoms. The molecule has 0 bridgehead atoms. The molecular formula is C18H35N. The molecule has 112 valence electrons. The van der Waals surface area contributed by atoms with Crippen LogP contribution in [0.5, 0.6) is 0 Å². The predicted octanol–water partition coefficient (Wildman–Crippen LogP) is 5.25. The Morgan fingerprint density at radius 2 is 1.26 bits per heavy atom. The van der Waals surface area contributed by atoms with Crippen molar-refractivity contribution in [3.05, 3.63) is 0 Å². The second-order valence-electron chi connectivity index (χ2n) is 7.04. The van der Waals surface area contributed by atoms with E-state index in [1.807, 2.05) is 0 Å². The topological polar surface area (TPSA) is 3.24 Å². The van der Waals surface area contributed by atoms with Gasteiger partial charge in [0.15, 0.2) is 0 Å². The van der Waals surface area contributed by atoms with Gasteiger partial charge in [-0.2, -0.15) is 0 Å². The smallest absolute Gasteiger partial charge is 0.00129 e. The molecule has 0 aromatic heterocycles. The second-order valence-corrected chi connectivity index (χ2v) is 7.04. The highest BCUT2D eigenvalue weighted by atomic mass is 15.1. The van der Waals surface area contributed by atoms with E-state index in [9.17, 15) is 0 Å². The van der Waals surface area contributed by atoms with Gasteiger partial charge < -0.3 is 4.90 Å². The molecule has 0 aromatic rings. The van der Waals surface area contributed by atoms with Crippen LogP contribution in [0.3, 0.4) is 0 Å². The van der Waals surface area contributed by atoms with Crippen LogP contribution in [0.25, 0.3) is 0 Å². The van der Waals surface area contributed by atoms with Crippen molar-refractivity contribution in [2.45, 2.75) is 84.0 Å². The average molecular weight is 265 g/mol. The quantitative estimate of drug-likeness (QED) is 0.515. The number of hydrogen-bond donors (Lipinski definition) is 0. The first-order valence-corrected chi connectivity index (χ1v) is 9.12. The van der Waals surface area contributed by atoms with Crippen LogP contribution < -0.4 is 0 Å². The number of likely N-dealkylation sites (tertiary alicyclic amines) is 1. The van der Waals surface area contributed by atoms with Crippen molar-refractivity contribution in [2.75, 3.05) is 19.6 Å². The van der Waals surface area contributed by atoms with E-state index in [2.05, 4.69) is 11.8 Å². The summed E-state index contributed by atoms with van der Waals surface area (Å²) < 4.78 is 0. The molecule has 1 heteroatoms. The molecule has 2 aliphatic rings. The Balaban J connectivity index is 1.43. The number of nitrogens with zero attached hydrogens (tertiary/aromatic N) is 1. The number of rotatable bonds is 9. The van der Waals surface area contributed by atoms with Gasteiger partial charge in [-0.25, -0.2) is 0 Å². The normalized spacial score (nSPS) is 27.6. The lowest BCUT2D eigenvalue weighted by Gasteiger charge is -2.23. The van der Waals surface area contributed by atoms with E-state index >= 15 is 0 Å². The molecule has 1 aliphatic heterocycles. The summed E-state index contributed by atoms with van der Waals surface area (Å²) in [6.07, 6.45) is 17.7. The Morgan fingerprint density at radius 1 is 0.737 bits per heavy atom. The van der Waals surface area contributed by atoms with Crippen LogP contribution in [0.4, 0.5) is 0 Å². The molecule has 0 radical (unpaired) electrons. The van der Waals surface area contributed by atoms with Gasteiger partial charge in [-0.05, 0) is 37.6 Å². The minimum absolute atomic E-state index is 1.07. The van der Waals surface area contributed by atoms with Crippen LogP contribution >= 0.6 is 0 Å². The zero-order chi connectivity index (χ0) is 13.3. The summed E-state index contributed by atoms with van der Waals surface area (Å²) in [5, 5.41) is 0. The van der Waals surface area contributed by atoms with Gasteiger partial charge in [-0.1, -0.05) is 64.7 Å². The van der Waals surface area contributed by atoms with Crippen LogP contribution in [-0.2, 0) is 0 Å². The van der Waals surface area contributed by atoms with E-state index < -0.39 is 0 Å². The zero-order valence-corrected chi connectivity index (χ0v) is 13.2. The molecule has 2 fully saturated rings. The summed E-state index contributed by atoms with van der Waals surface area (Å²) in [5.41, 5.74) is 0. The van der Waals surface area contributed by atoms with E-state index in [1.165, 1.54) is 96.7 Å². The van der Waals surface area contributed by atoms with Crippen molar-refractivity contribution in [3.8, 4) is 0 Å². The fourth-order valence-corrected chi connectivity index (χ4v) is 4.15. The maximum absolute atomic E-state index is 2.78. The summed E-state index contributed by atoms with van der Waals surface area (Å²) in [4.78, 5) is 2.78. The number of unbranched alkanes of at least 4 members (excludes halogenated alkanes) is 7. The molecule has 0 aromatic carbocycles. The van der Waals surface area contributed by atoms with Crippen LogP contribution in [-0.4, -0.2) is 24.5 Å². The standard InChI is InChI=1S/C18H35N/c1-2-3-4-5-6-7-8-11-14-19-15-17-12-9-10-13-18(17)16-19/h17-18H,2-16H2,1H3/t17-,18-/m0/s1. The van der Waals surface area contributed by atoms with Crippen LogP contribution in [0.15, 0.2) is 0 Å². The molecule has 0 amide bonds. The summed E-state index contributed by atoms with van der Waals surface area (Å²) >= 11 is 0. The lowest BCUT2D eigenvalue weighted by atomic mass is 9.82. The molecule has 1 nitrogen and oxygen atoms in total. The highest BCUT2D eigenvalue weighted by molar-refractivity contribution is 4.86. The first-order valence-electron chi connectivity index (χ1n) is 9.12. The molecule has 1 heterocycles. The Kier molecular flexibility index (Phi) is 7.27. The third kappa shape index (κ3) is 5.45. The number of hydrogen-bond acceptors (Lipinski definition) is 1. The molecule has 2 rings (SSSR count). The van der Waals surface area contributed by atoms with Gasteiger partial charge in [0.05, 0.1) is 0 Å². The van der Waals surface area contributed by atoms with E-state index in [0.717, 1.165) is 11.8 Å². The average Bonchev–Trinajstić information content (AvgIpc) is 2.84. The van der Waals surface area contributed by atoms with Gasteiger partial charge in [0.1, 0.15) is 0 Å². The summed E-state index contributed by atoms with van der Waals surface area (Å²) in [6, 6.07) is 0. The minimum Gasteiger partial charge on any atom is -0.303 e. The monoisotopic (exact) mass is 265 g/mol. The van der Waals surface area contributed by atoms with Gasteiger partial charge in [0.2, 0.25) is 0 Å². The van der Waals surface area contributed by atoms with Crippen LogP contribution in [0.1, 0.15) is 84.0 Å². The van der Waals surface area contributed by atoms with Crippen molar-refractivity contribution in [2.24, 2.45) is 11.8 Å². The molecule has 2 atom stereocenters. The van der Waals surface area contributed by atoms with Crippen LogP contribution in [0, 0.1) is 11.8 Å². The minimum atomic E-state index is 1.07. The Morgan fingerprint density at radius 3 is 1.84 bits per heavy atom. The third-order valence-electron chi connectivity index (χ3n) is 5.38. The van der Waals surface area contributed by atoms with Crippen molar-refractivity contribution < 1.29 is 0 Å². The Labute approximate surface area is 121 Å². The largest absolute Gasteiger partial charge is 0.303 e. The number of fused-ring (bicyclic) bond motifs is 1. The van der Waals surface area contributed by atoms with Gasteiger partial charge >= 0.3 is 0 Å². The van der Waals surface area contributed by atoms with Crippen molar-refractivity contribution >= 4 is 0 Å². The molecule has 1 saturated heterocycles. The lowest BCUT2D eigenvalue weighted by Crippen LogP contribution is -2.22. The zero-order valence-electron chi connectivity index (χ0n) is 13.2. The molecular weight excluding hydrogens is 230 g/mol. The Hall–Kier alpha value is -0.0400. The van der Waals surface area contributed by atoms with Crippen LogP contribution in [0.2, 0.25) is 0 Å². The summed E-state index contributed by atoms with van der Waals surface area (Å²) in [6.45, 7) is 6.55. The summed E-state index contributed by atoms with van der Waals surface area (Å²) in [5.74, 6) is 2.14. The van der Waals surface area contributed by atoms with E-state index in [1.54, 1.807) is 0 Å². The fraction of sp³-hybridized carbons (Fsp3) is 1.00. The lowest BCUT2D eigenvalue weighted by molar-refractivity contribution is 0.299. The van der Waals surface area contributed by atoms with Gasteiger partial charge in [0.25, 0.3) is 0 Å². The fourth-order valence-electron chi connectivity index (χ4n) is 4.15. The SMILES string of the molecule is CCCCCCCCCCN1C[C@@H]2CCCC[C@H]2C1. The Bertz CT molecular complexity index is 212. The maximum Gasteiger partial charge on any atom is 0.00129 e. The highest BCUT2D eigenvalue weighted by Crippen LogP contribution is 2.35.